The molecule has 5 rings (SSSR count). The van der Waals surface area contributed by atoms with Gasteiger partial charge in [0.25, 0.3) is 5.91 Å². The van der Waals surface area contributed by atoms with Gasteiger partial charge >= 0.3 is 0 Å². The van der Waals surface area contributed by atoms with Crippen LogP contribution < -0.4 is 5.32 Å². The second-order valence-corrected chi connectivity index (χ2v) is 8.06. The van der Waals surface area contributed by atoms with Crippen molar-refractivity contribution in [1.29, 1.82) is 0 Å². The predicted molar refractivity (Wildman–Crippen MR) is 117 cm³/mol. The molecule has 1 N–H and O–H groups in total. The van der Waals surface area contributed by atoms with Gasteiger partial charge in [-0.3, -0.25) is 9.48 Å². The molecule has 0 bridgehead atoms. The Morgan fingerprint density at radius 1 is 1.23 bits per heavy atom. The van der Waals surface area contributed by atoms with Gasteiger partial charge in [-0.05, 0) is 48.7 Å². The summed E-state index contributed by atoms with van der Waals surface area (Å²) in [5.41, 5.74) is 4.67. The van der Waals surface area contributed by atoms with Gasteiger partial charge in [-0.1, -0.05) is 35.9 Å². The minimum absolute atomic E-state index is 0.118. The number of hydrogen-bond acceptors (Lipinski definition) is 3. The zero-order valence-electron chi connectivity index (χ0n) is 16.8. The van der Waals surface area contributed by atoms with Crippen molar-refractivity contribution in [3.05, 3.63) is 93.8 Å². The molecular formula is C24H19ClFN3O2. The summed E-state index contributed by atoms with van der Waals surface area (Å²) in [5, 5.41) is 8.06. The average Bonchev–Trinajstić information content (AvgIpc) is 3.30. The van der Waals surface area contributed by atoms with Gasteiger partial charge in [0.1, 0.15) is 11.6 Å². The number of anilines is 1. The molecule has 0 saturated carbocycles. The van der Waals surface area contributed by atoms with Crippen LogP contribution in [-0.2, 0) is 19.4 Å². The Kier molecular flexibility index (Phi) is 4.87. The van der Waals surface area contributed by atoms with Crippen LogP contribution in [-0.4, -0.2) is 15.7 Å². The summed E-state index contributed by atoms with van der Waals surface area (Å²) < 4.78 is 21.7. The first-order chi connectivity index (χ1) is 15.0. The average molecular weight is 436 g/mol. The maximum absolute atomic E-state index is 13.9. The lowest BCUT2D eigenvalue weighted by molar-refractivity contribution is 0.0993. The highest BCUT2D eigenvalue weighted by atomic mass is 35.5. The lowest BCUT2D eigenvalue weighted by Crippen LogP contribution is -2.13. The second-order valence-electron chi connectivity index (χ2n) is 7.62. The van der Waals surface area contributed by atoms with Crippen molar-refractivity contribution in [3.63, 3.8) is 0 Å². The van der Waals surface area contributed by atoms with Crippen molar-refractivity contribution >= 4 is 23.2 Å². The lowest BCUT2D eigenvalue weighted by Gasteiger charge is -2.09. The van der Waals surface area contributed by atoms with Gasteiger partial charge < -0.3 is 9.73 Å². The Morgan fingerprint density at radius 2 is 2.06 bits per heavy atom. The Labute approximate surface area is 183 Å². The molecule has 0 aliphatic heterocycles. The first kappa shape index (κ1) is 19.6. The van der Waals surface area contributed by atoms with E-state index in [4.69, 9.17) is 21.1 Å². The Morgan fingerprint density at radius 3 is 2.87 bits per heavy atom. The molecule has 1 aliphatic rings. The zero-order chi connectivity index (χ0) is 21.5. The first-order valence-corrected chi connectivity index (χ1v) is 10.4. The predicted octanol–water partition coefficient (Wildman–Crippen LogP) is 5.64. The second kappa shape index (κ2) is 7.71. The lowest BCUT2D eigenvalue weighted by atomic mass is 9.93. The molecule has 0 unspecified atom stereocenters. The number of nitrogens with zero attached hydrogens (tertiary/aromatic N) is 2. The number of para-hydroxylation sites is 1. The number of aromatic nitrogens is 2. The molecule has 0 saturated heterocycles. The number of nitrogens with one attached hydrogen (secondary N) is 1. The summed E-state index contributed by atoms with van der Waals surface area (Å²) in [5.74, 6) is -0.0500. The van der Waals surface area contributed by atoms with E-state index in [9.17, 15) is 9.18 Å². The van der Waals surface area contributed by atoms with Gasteiger partial charge in [0, 0.05) is 28.8 Å². The van der Waals surface area contributed by atoms with Crippen molar-refractivity contribution in [2.45, 2.75) is 26.3 Å². The smallest absolute Gasteiger partial charge is 0.291 e. The number of fused-ring (bicyclic) bond motifs is 3. The minimum atomic E-state index is -0.494. The van der Waals surface area contributed by atoms with Crippen LogP contribution in [0.3, 0.4) is 0 Å². The number of halogens is 2. The molecule has 0 radical (unpaired) electrons. The first-order valence-electron chi connectivity index (χ1n) is 9.99. The molecular weight excluding hydrogens is 417 g/mol. The molecule has 7 heteroatoms. The largest absolute Gasteiger partial charge is 0.455 e. The Hall–Kier alpha value is -3.38. The van der Waals surface area contributed by atoms with E-state index in [1.807, 2.05) is 42.1 Å². The maximum Gasteiger partial charge on any atom is 0.291 e. The topological polar surface area (TPSA) is 60.1 Å². The fraction of sp³-hybridized carbons (Fsp3) is 0.167. The Bertz CT molecular complexity index is 1310. The van der Waals surface area contributed by atoms with Crippen molar-refractivity contribution in [2.75, 3.05) is 5.32 Å². The van der Waals surface area contributed by atoms with E-state index in [1.54, 1.807) is 12.1 Å². The van der Waals surface area contributed by atoms with Gasteiger partial charge in [-0.15, -0.1) is 0 Å². The molecule has 2 aromatic heterocycles. The maximum atomic E-state index is 13.9. The molecule has 1 aliphatic carbocycles. The normalized spacial score (nSPS) is 12.4. The number of aryl methyl sites for hydroxylation is 2. The number of hydrogen-bond donors (Lipinski definition) is 1. The highest BCUT2D eigenvalue weighted by molar-refractivity contribution is 6.30. The zero-order valence-corrected chi connectivity index (χ0v) is 17.5. The van der Waals surface area contributed by atoms with E-state index in [0.717, 1.165) is 34.6 Å². The standard InChI is InChI=1S/C24H19ClFN3O2/c1-14-21-20(31-23(14)24(30)27-19-8-3-2-7-18(19)26)10-9-16-13-29(28-22(16)21)12-15-5-4-6-17(25)11-15/h2-8,11,13H,9-10,12H2,1H3,(H,27,30). The molecule has 2 aromatic carbocycles. The van der Waals surface area contributed by atoms with Crippen LogP contribution in [0.15, 0.2) is 59.1 Å². The molecule has 0 atom stereocenters. The summed E-state index contributed by atoms with van der Waals surface area (Å²) in [4.78, 5) is 12.8. The molecule has 156 valence electrons. The van der Waals surface area contributed by atoms with Crippen molar-refractivity contribution < 1.29 is 13.6 Å². The summed E-state index contributed by atoms with van der Waals surface area (Å²) in [6.07, 6.45) is 3.49. The quantitative estimate of drug-likeness (QED) is 0.451. The third-order valence-corrected chi connectivity index (χ3v) is 5.71. The van der Waals surface area contributed by atoms with Crippen molar-refractivity contribution in [3.8, 4) is 11.3 Å². The van der Waals surface area contributed by atoms with Crippen molar-refractivity contribution in [2.24, 2.45) is 0 Å². The fourth-order valence-corrected chi connectivity index (χ4v) is 4.24. The Balaban J connectivity index is 1.46. The minimum Gasteiger partial charge on any atom is -0.455 e. The number of benzene rings is 2. The number of rotatable bonds is 4. The van der Waals surface area contributed by atoms with Crippen LogP contribution in [0.2, 0.25) is 5.02 Å². The molecule has 0 spiro atoms. The molecule has 2 heterocycles. The third-order valence-electron chi connectivity index (χ3n) is 5.48. The van der Waals surface area contributed by atoms with Crippen LogP contribution in [0.4, 0.5) is 10.1 Å². The summed E-state index contributed by atoms with van der Waals surface area (Å²) in [6, 6.07) is 13.7. The van der Waals surface area contributed by atoms with Crippen molar-refractivity contribution in [1.82, 2.24) is 9.78 Å². The van der Waals surface area contributed by atoms with Crippen LogP contribution in [0.25, 0.3) is 11.3 Å². The van der Waals surface area contributed by atoms with E-state index in [-0.39, 0.29) is 11.4 Å². The highest BCUT2D eigenvalue weighted by Gasteiger charge is 2.30. The van der Waals surface area contributed by atoms with Gasteiger partial charge in [0.05, 0.1) is 17.9 Å². The van der Waals surface area contributed by atoms with E-state index < -0.39 is 11.7 Å². The van der Waals surface area contributed by atoms with E-state index in [2.05, 4.69) is 5.32 Å². The van der Waals surface area contributed by atoms with Gasteiger partial charge in [-0.2, -0.15) is 5.10 Å². The van der Waals surface area contributed by atoms with Crippen LogP contribution in [0, 0.1) is 12.7 Å². The summed E-state index contributed by atoms with van der Waals surface area (Å²) in [7, 11) is 0. The van der Waals surface area contributed by atoms with Crippen LogP contribution >= 0.6 is 11.6 Å². The number of carbonyl (C=O) groups excluding carboxylic acids is 1. The summed E-state index contributed by atoms with van der Waals surface area (Å²) in [6.45, 7) is 2.43. The van der Waals surface area contributed by atoms with Gasteiger partial charge in [0.15, 0.2) is 5.76 Å². The summed E-state index contributed by atoms with van der Waals surface area (Å²) >= 11 is 6.10. The number of amides is 1. The van der Waals surface area contributed by atoms with E-state index in [0.29, 0.717) is 23.6 Å². The fourth-order valence-electron chi connectivity index (χ4n) is 4.03. The molecule has 0 fully saturated rings. The SMILES string of the molecule is Cc1c(C(=O)Nc2ccccc2F)oc2c1-c1nn(Cc3cccc(Cl)c3)cc1CC2. The highest BCUT2D eigenvalue weighted by Crippen LogP contribution is 2.38. The van der Waals surface area contributed by atoms with Gasteiger partial charge in [-0.25, -0.2) is 4.39 Å². The molecule has 1 amide bonds. The molecule has 31 heavy (non-hydrogen) atoms. The monoisotopic (exact) mass is 435 g/mol. The van der Waals surface area contributed by atoms with Crippen LogP contribution in [0.1, 0.15) is 33.0 Å². The van der Waals surface area contributed by atoms with E-state index in [1.165, 1.54) is 12.1 Å². The van der Waals surface area contributed by atoms with Gasteiger partial charge in [0.2, 0.25) is 0 Å². The molecule has 4 aromatic rings. The van der Waals surface area contributed by atoms with Crippen LogP contribution in [0.5, 0.6) is 0 Å². The third kappa shape index (κ3) is 3.64. The molecule has 5 nitrogen and oxygen atoms in total. The number of furan rings is 1. The number of carbonyl (C=O) groups is 1. The van der Waals surface area contributed by atoms with E-state index >= 15 is 0 Å².